The van der Waals surface area contributed by atoms with Crippen LogP contribution in [0.4, 0.5) is 13.2 Å². The van der Waals surface area contributed by atoms with Crippen molar-refractivity contribution in [3.05, 3.63) is 24.5 Å². The van der Waals surface area contributed by atoms with Gasteiger partial charge in [-0.1, -0.05) is 5.16 Å². The van der Waals surface area contributed by atoms with Crippen LogP contribution < -0.4 is 5.73 Å². The summed E-state index contributed by atoms with van der Waals surface area (Å²) in [6.45, 7) is 0. The van der Waals surface area contributed by atoms with Gasteiger partial charge in [0.15, 0.2) is 5.84 Å². The van der Waals surface area contributed by atoms with Crippen LogP contribution in [-0.2, 0) is 0 Å². The highest BCUT2D eigenvalue weighted by Crippen LogP contribution is 2.31. The molecule has 0 saturated carbocycles. The summed E-state index contributed by atoms with van der Waals surface area (Å²) >= 11 is 0.967. The van der Waals surface area contributed by atoms with E-state index in [0.717, 1.165) is 11.8 Å². The second kappa shape index (κ2) is 5.76. The minimum absolute atomic E-state index is 0.344. The van der Waals surface area contributed by atoms with Gasteiger partial charge in [-0.2, -0.15) is 13.2 Å². The summed E-state index contributed by atoms with van der Waals surface area (Å²) in [6.07, 6.45) is -1.57. The number of amidine groups is 1. The number of hydrogen-bond donors (Lipinski definition) is 2. The summed E-state index contributed by atoms with van der Waals surface area (Å²) in [5.41, 5.74) is 5.02. The molecule has 1 atom stereocenters. The molecule has 0 radical (unpaired) electrons. The Balaban J connectivity index is 2.69. The van der Waals surface area contributed by atoms with Gasteiger partial charge in [-0.15, -0.1) is 11.8 Å². The maximum atomic E-state index is 12.6. The quantitative estimate of drug-likeness (QED) is 0.287. The number of nitrogens with zero attached hydrogens (tertiary/aromatic N) is 2. The zero-order valence-electron chi connectivity index (χ0n) is 8.55. The summed E-state index contributed by atoms with van der Waals surface area (Å²) in [6, 6.07) is 3.18. The molecule has 0 aliphatic rings. The molecule has 0 amide bonds. The van der Waals surface area contributed by atoms with Crippen LogP contribution in [0.25, 0.3) is 0 Å². The van der Waals surface area contributed by atoms with Gasteiger partial charge in [0, 0.05) is 23.0 Å². The predicted molar refractivity (Wildman–Crippen MR) is 57.9 cm³/mol. The molecule has 1 rings (SSSR count). The highest BCUT2D eigenvalue weighted by Gasteiger charge is 2.42. The first-order valence-electron chi connectivity index (χ1n) is 4.52. The minimum atomic E-state index is -4.53. The largest absolute Gasteiger partial charge is 0.409 e. The Hall–Kier alpha value is -1.44. The monoisotopic (exact) mass is 265 g/mol. The van der Waals surface area contributed by atoms with E-state index in [1.54, 1.807) is 12.1 Å². The molecule has 0 bridgehead atoms. The van der Waals surface area contributed by atoms with E-state index >= 15 is 0 Å². The van der Waals surface area contributed by atoms with Crippen LogP contribution in [0.2, 0.25) is 0 Å². The van der Waals surface area contributed by atoms with Gasteiger partial charge < -0.3 is 10.9 Å². The molecule has 3 N–H and O–H groups in total. The van der Waals surface area contributed by atoms with E-state index in [1.165, 1.54) is 12.4 Å². The summed E-state index contributed by atoms with van der Waals surface area (Å²) in [4.78, 5) is 4.39. The molecule has 0 aromatic carbocycles. The number of nitrogens with two attached hydrogens (primary N) is 1. The number of halogens is 3. The Bertz CT molecular complexity index is 383. The summed E-state index contributed by atoms with van der Waals surface area (Å²) in [5, 5.41) is 10.7. The Morgan fingerprint density at radius 1 is 1.47 bits per heavy atom. The topological polar surface area (TPSA) is 71.5 Å². The number of hydrogen-bond acceptors (Lipinski definition) is 4. The third-order valence-electron chi connectivity index (χ3n) is 1.93. The summed E-state index contributed by atoms with van der Waals surface area (Å²) in [5.74, 6) is -3.15. The van der Waals surface area contributed by atoms with Gasteiger partial charge in [0.1, 0.15) is 5.92 Å². The van der Waals surface area contributed by atoms with Crippen LogP contribution in [0.3, 0.4) is 0 Å². The highest BCUT2D eigenvalue weighted by atomic mass is 32.2. The molecule has 17 heavy (non-hydrogen) atoms. The van der Waals surface area contributed by atoms with Crippen LogP contribution in [0.15, 0.2) is 34.6 Å². The molecule has 94 valence electrons. The minimum Gasteiger partial charge on any atom is -0.409 e. The van der Waals surface area contributed by atoms with Crippen LogP contribution >= 0.6 is 11.8 Å². The van der Waals surface area contributed by atoms with Gasteiger partial charge in [0.25, 0.3) is 0 Å². The molecule has 1 aromatic rings. The molecule has 1 unspecified atom stereocenters. The molecule has 0 saturated heterocycles. The van der Waals surface area contributed by atoms with Gasteiger partial charge in [-0.25, -0.2) is 0 Å². The highest BCUT2D eigenvalue weighted by molar-refractivity contribution is 7.99. The van der Waals surface area contributed by atoms with E-state index in [4.69, 9.17) is 10.9 Å². The summed E-state index contributed by atoms with van der Waals surface area (Å²) in [7, 11) is 0. The number of aromatic nitrogens is 1. The number of rotatable bonds is 4. The SMILES string of the molecule is N/C(=N/O)C(CSc1ccncc1)C(F)(F)F. The van der Waals surface area contributed by atoms with Crippen molar-refractivity contribution in [3.8, 4) is 0 Å². The molecule has 8 heteroatoms. The fourth-order valence-corrected chi connectivity index (χ4v) is 2.06. The lowest BCUT2D eigenvalue weighted by Gasteiger charge is -2.18. The van der Waals surface area contributed by atoms with Crippen LogP contribution in [-0.4, -0.2) is 28.0 Å². The second-order valence-electron chi connectivity index (χ2n) is 3.11. The second-order valence-corrected chi connectivity index (χ2v) is 4.21. The van der Waals surface area contributed by atoms with E-state index in [9.17, 15) is 13.2 Å². The van der Waals surface area contributed by atoms with Crippen molar-refractivity contribution < 1.29 is 18.4 Å². The third kappa shape index (κ3) is 4.14. The van der Waals surface area contributed by atoms with E-state index < -0.39 is 17.9 Å². The number of pyridine rings is 1. The first kappa shape index (κ1) is 13.6. The van der Waals surface area contributed by atoms with Crippen molar-refractivity contribution in [3.63, 3.8) is 0 Å². The zero-order valence-corrected chi connectivity index (χ0v) is 9.37. The van der Waals surface area contributed by atoms with E-state index in [-0.39, 0.29) is 5.75 Å². The van der Waals surface area contributed by atoms with Crippen molar-refractivity contribution in [2.24, 2.45) is 16.8 Å². The zero-order chi connectivity index (χ0) is 12.9. The molecule has 0 spiro atoms. The predicted octanol–water partition coefficient (Wildman–Crippen LogP) is 2.10. The van der Waals surface area contributed by atoms with Gasteiger partial charge in [-0.3, -0.25) is 4.98 Å². The molecule has 1 heterocycles. The van der Waals surface area contributed by atoms with Crippen LogP contribution in [0, 0.1) is 5.92 Å². The van der Waals surface area contributed by atoms with Gasteiger partial charge in [-0.05, 0) is 12.1 Å². The van der Waals surface area contributed by atoms with E-state index in [2.05, 4.69) is 10.1 Å². The standard InChI is InChI=1S/C9H10F3N3OS/c10-9(11,12)7(8(13)15-16)5-17-6-1-3-14-4-2-6/h1-4,7,16H,5H2,(H2,13,15). The third-order valence-corrected chi connectivity index (χ3v) is 3.04. The average Bonchev–Trinajstić information content (AvgIpc) is 2.28. The summed E-state index contributed by atoms with van der Waals surface area (Å²) < 4.78 is 37.7. The van der Waals surface area contributed by atoms with E-state index in [1.807, 2.05) is 0 Å². The molecule has 0 aliphatic carbocycles. The number of oxime groups is 1. The van der Waals surface area contributed by atoms with Crippen molar-refractivity contribution in [2.45, 2.75) is 11.1 Å². The Morgan fingerprint density at radius 3 is 2.53 bits per heavy atom. The van der Waals surface area contributed by atoms with Crippen molar-refractivity contribution in [2.75, 3.05) is 5.75 Å². The molecule has 0 fully saturated rings. The fraction of sp³-hybridized carbons (Fsp3) is 0.333. The van der Waals surface area contributed by atoms with Gasteiger partial charge in [0.2, 0.25) is 0 Å². The fourth-order valence-electron chi connectivity index (χ4n) is 1.03. The number of alkyl halides is 3. The maximum Gasteiger partial charge on any atom is 0.399 e. The van der Waals surface area contributed by atoms with Crippen molar-refractivity contribution in [1.29, 1.82) is 0 Å². The van der Waals surface area contributed by atoms with Gasteiger partial charge in [0.05, 0.1) is 0 Å². The van der Waals surface area contributed by atoms with Crippen molar-refractivity contribution in [1.82, 2.24) is 4.98 Å². The Kier molecular flexibility index (Phi) is 4.62. The lowest BCUT2D eigenvalue weighted by Crippen LogP contribution is -2.37. The normalized spacial score (nSPS) is 14.6. The Morgan fingerprint density at radius 2 is 2.06 bits per heavy atom. The van der Waals surface area contributed by atoms with E-state index in [0.29, 0.717) is 4.90 Å². The molecular weight excluding hydrogens is 255 g/mol. The Labute approximate surface area is 99.7 Å². The van der Waals surface area contributed by atoms with Crippen LogP contribution in [0.5, 0.6) is 0 Å². The maximum absolute atomic E-state index is 12.6. The molecular formula is C9H10F3N3OS. The van der Waals surface area contributed by atoms with Crippen LogP contribution in [0.1, 0.15) is 0 Å². The smallest absolute Gasteiger partial charge is 0.399 e. The first-order chi connectivity index (χ1) is 7.95. The lowest BCUT2D eigenvalue weighted by atomic mass is 10.1. The molecule has 4 nitrogen and oxygen atoms in total. The van der Waals surface area contributed by atoms with Crippen molar-refractivity contribution >= 4 is 17.6 Å². The van der Waals surface area contributed by atoms with Gasteiger partial charge >= 0.3 is 6.18 Å². The molecule has 1 aromatic heterocycles. The average molecular weight is 265 g/mol. The first-order valence-corrected chi connectivity index (χ1v) is 5.50. The molecule has 0 aliphatic heterocycles. The lowest BCUT2D eigenvalue weighted by molar-refractivity contribution is -0.150. The number of thioether (sulfide) groups is 1.